The van der Waals surface area contributed by atoms with Crippen molar-refractivity contribution < 1.29 is 4.79 Å². The molecule has 1 amide bonds. The molecule has 3 heteroatoms. The zero-order chi connectivity index (χ0) is 10.7. The van der Waals surface area contributed by atoms with Crippen LogP contribution < -0.4 is 0 Å². The number of halogens is 1. The molecule has 0 aromatic heterocycles. The van der Waals surface area contributed by atoms with Crippen LogP contribution in [0.1, 0.15) is 12.0 Å². The van der Waals surface area contributed by atoms with E-state index in [9.17, 15) is 4.79 Å². The highest BCUT2D eigenvalue weighted by Crippen LogP contribution is 2.21. The van der Waals surface area contributed by atoms with Crippen molar-refractivity contribution in [1.82, 2.24) is 4.90 Å². The van der Waals surface area contributed by atoms with E-state index in [0.29, 0.717) is 5.91 Å². The van der Waals surface area contributed by atoms with E-state index in [-0.39, 0.29) is 5.92 Å². The molecular formula is C12H14INO. The monoisotopic (exact) mass is 315 g/mol. The first kappa shape index (κ1) is 10.9. The molecule has 15 heavy (non-hydrogen) atoms. The Kier molecular flexibility index (Phi) is 3.61. The van der Waals surface area contributed by atoms with Crippen molar-refractivity contribution in [1.29, 1.82) is 0 Å². The second-order valence-electron chi connectivity index (χ2n) is 3.89. The molecule has 0 aliphatic carbocycles. The summed E-state index contributed by atoms with van der Waals surface area (Å²) in [6.07, 6.45) is 1.02. The van der Waals surface area contributed by atoms with Gasteiger partial charge in [0.2, 0.25) is 5.91 Å². The predicted molar refractivity (Wildman–Crippen MR) is 68.9 cm³/mol. The summed E-state index contributed by atoms with van der Waals surface area (Å²) in [5, 5.41) is 0. The largest absolute Gasteiger partial charge is 0.338 e. The quantitative estimate of drug-likeness (QED) is 0.620. The summed E-state index contributed by atoms with van der Waals surface area (Å²) < 4.78 is 0.946. The van der Waals surface area contributed by atoms with Gasteiger partial charge in [-0.05, 0) is 12.0 Å². The molecule has 80 valence electrons. The van der Waals surface area contributed by atoms with E-state index < -0.39 is 0 Å². The van der Waals surface area contributed by atoms with E-state index >= 15 is 0 Å². The van der Waals surface area contributed by atoms with Crippen LogP contribution in [0.3, 0.4) is 0 Å². The zero-order valence-electron chi connectivity index (χ0n) is 8.53. The Bertz CT molecular complexity index is 339. The van der Waals surface area contributed by atoms with Crippen LogP contribution in [0.2, 0.25) is 0 Å². The van der Waals surface area contributed by atoms with Gasteiger partial charge < -0.3 is 4.90 Å². The highest BCUT2D eigenvalue weighted by atomic mass is 127. The lowest BCUT2D eigenvalue weighted by molar-refractivity contribution is -0.130. The number of rotatable bonds is 3. The van der Waals surface area contributed by atoms with Gasteiger partial charge in [-0.15, -0.1) is 0 Å². The average Bonchev–Trinajstić information content (AvgIpc) is 2.62. The van der Waals surface area contributed by atoms with Gasteiger partial charge in [0.25, 0.3) is 0 Å². The van der Waals surface area contributed by atoms with Gasteiger partial charge in [-0.3, -0.25) is 4.79 Å². The second-order valence-corrected chi connectivity index (χ2v) is 4.77. The Morgan fingerprint density at radius 1 is 1.33 bits per heavy atom. The Labute approximate surface area is 104 Å². The van der Waals surface area contributed by atoms with E-state index in [1.165, 1.54) is 5.56 Å². The van der Waals surface area contributed by atoms with E-state index in [4.69, 9.17) is 0 Å². The minimum absolute atomic E-state index is 0.259. The van der Waals surface area contributed by atoms with Crippen LogP contribution in [0.25, 0.3) is 0 Å². The highest BCUT2D eigenvalue weighted by molar-refractivity contribution is 14.1. The molecule has 1 atom stereocenters. The topological polar surface area (TPSA) is 20.3 Å². The Morgan fingerprint density at radius 3 is 2.67 bits per heavy atom. The number of amides is 1. The van der Waals surface area contributed by atoms with Gasteiger partial charge in [-0.2, -0.15) is 0 Å². The molecule has 0 radical (unpaired) electrons. The number of carbonyl (C=O) groups excluding carboxylic acids is 1. The van der Waals surface area contributed by atoms with Crippen LogP contribution in [0.15, 0.2) is 30.3 Å². The maximum absolute atomic E-state index is 11.9. The van der Waals surface area contributed by atoms with Crippen molar-refractivity contribution in [2.45, 2.75) is 13.0 Å². The molecule has 1 aliphatic rings. The average molecular weight is 315 g/mol. The first-order valence-corrected chi connectivity index (χ1v) is 6.72. The number of likely N-dealkylation sites (tertiary alicyclic amines) is 1. The van der Waals surface area contributed by atoms with Crippen LogP contribution in [-0.2, 0) is 11.3 Å². The van der Waals surface area contributed by atoms with Gasteiger partial charge in [0.05, 0.1) is 0 Å². The first-order chi connectivity index (χ1) is 7.31. The van der Waals surface area contributed by atoms with E-state index in [1.54, 1.807) is 0 Å². The standard InChI is InChI=1S/C12H14INO/c13-8-11-6-7-14(12(11)15)9-10-4-2-1-3-5-10/h1-5,11H,6-9H2. The summed E-state index contributed by atoms with van der Waals surface area (Å²) in [5.41, 5.74) is 1.22. The predicted octanol–water partition coefficient (Wildman–Crippen LogP) is 2.47. The normalized spacial score (nSPS) is 21.0. The SMILES string of the molecule is O=C1C(CI)CCN1Cc1ccccc1. The zero-order valence-corrected chi connectivity index (χ0v) is 10.7. The fourth-order valence-electron chi connectivity index (χ4n) is 1.91. The van der Waals surface area contributed by atoms with Crippen molar-refractivity contribution in [3.8, 4) is 0 Å². The molecule has 1 aromatic carbocycles. The summed E-state index contributed by atoms with van der Waals surface area (Å²) in [7, 11) is 0. The van der Waals surface area contributed by atoms with Gasteiger partial charge in [-0.25, -0.2) is 0 Å². The molecule has 1 aliphatic heterocycles. The van der Waals surface area contributed by atoms with Gasteiger partial charge in [-0.1, -0.05) is 52.9 Å². The number of hydrogen-bond acceptors (Lipinski definition) is 1. The van der Waals surface area contributed by atoms with E-state index in [2.05, 4.69) is 34.7 Å². The van der Waals surface area contributed by atoms with Crippen LogP contribution in [-0.4, -0.2) is 21.8 Å². The highest BCUT2D eigenvalue weighted by Gasteiger charge is 2.30. The summed E-state index contributed by atoms with van der Waals surface area (Å²) in [6.45, 7) is 1.69. The number of carbonyl (C=O) groups is 1. The number of alkyl halides is 1. The number of hydrogen-bond donors (Lipinski definition) is 0. The lowest BCUT2D eigenvalue weighted by Crippen LogP contribution is -2.27. The van der Waals surface area contributed by atoms with Crippen LogP contribution in [0.5, 0.6) is 0 Å². The molecular weight excluding hydrogens is 301 g/mol. The fraction of sp³-hybridized carbons (Fsp3) is 0.417. The minimum atomic E-state index is 0.259. The smallest absolute Gasteiger partial charge is 0.226 e. The van der Waals surface area contributed by atoms with Crippen molar-refractivity contribution >= 4 is 28.5 Å². The van der Waals surface area contributed by atoms with Gasteiger partial charge >= 0.3 is 0 Å². The molecule has 0 spiro atoms. The molecule has 1 heterocycles. The van der Waals surface area contributed by atoms with Gasteiger partial charge in [0.15, 0.2) is 0 Å². The van der Waals surface area contributed by atoms with Crippen LogP contribution >= 0.6 is 22.6 Å². The summed E-state index contributed by atoms with van der Waals surface area (Å²) in [4.78, 5) is 13.8. The van der Waals surface area contributed by atoms with Crippen molar-refractivity contribution in [2.75, 3.05) is 11.0 Å². The summed E-state index contributed by atoms with van der Waals surface area (Å²) in [5.74, 6) is 0.586. The minimum Gasteiger partial charge on any atom is -0.338 e. The third-order valence-electron chi connectivity index (χ3n) is 2.81. The molecule has 1 fully saturated rings. The Morgan fingerprint density at radius 2 is 2.07 bits per heavy atom. The molecule has 0 saturated carbocycles. The third-order valence-corrected chi connectivity index (χ3v) is 3.87. The second kappa shape index (κ2) is 4.96. The molecule has 0 bridgehead atoms. The van der Waals surface area contributed by atoms with Gasteiger partial charge in [0, 0.05) is 23.4 Å². The lowest BCUT2D eigenvalue weighted by Gasteiger charge is -2.16. The van der Waals surface area contributed by atoms with Crippen LogP contribution in [0.4, 0.5) is 0 Å². The van der Waals surface area contributed by atoms with Crippen LogP contribution in [0, 0.1) is 5.92 Å². The fourth-order valence-corrected chi connectivity index (χ4v) is 2.72. The molecule has 1 saturated heterocycles. The third kappa shape index (κ3) is 2.51. The Balaban J connectivity index is 2.00. The van der Waals surface area contributed by atoms with Crippen molar-refractivity contribution in [2.24, 2.45) is 5.92 Å². The molecule has 0 N–H and O–H groups in total. The lowest BCUT2D eigenvalue weighted by atomic mass is 10.1. The van der Waals surface area contributed by atoms with Crippen molar-refractivity contribution in [3.63, 3.8) is 0 Å². The molecule has 1 aromatic rings. The molecule has 2 rings (SSSR count). The summed E-state index contributed by atoms with van der Waals surface area (Å²) >= 11 is 2.30. The van der Waals surface area contributed by atoms with E-state index in [0.717, 1.165) is 23.9 Å². The number of nitrogens with zero attached hydrogens (tertiary/aromatic N) is 1. The van der Waals surface area contributed by atoms with E-state index in [1.807, 2.05) is 23.1 Å². The molecule has 2 nitrogen and oxygen atoms in total. The molecule has 1 unspecified atom stereocenters. The van der Waals surface area contributed by atoms with Crippen molar-refractivity contribution in [3.05, 3.63) is 35.9 Å². The maximum atomic E-state index is 11.9. The first-order valence-electron chi connectivity index (χ1n) is 5.20. The Hall–Kier alpha value is -0.580. The summed E-state index contributed by atoms with van der Waals surface area (Å²) in [6, 6.07) is 10.2. The number of benzene rings is 1. The maximum Gasteiger partial charge on any atom is 0.226 e. The van der Waals surface area contributed by atoms with Gasteiger partial charge in [0.1, 0.15) is 0 Å².